The lowest BCUT2D eigenvalue weighted by atomic mass is 9.94. The molecule has 0 spiro atoms. The molecule has 0 bridgehead atoms. The molecule has 7 nitrogen and oxygen atoms in total. The summed E-state index contributed by atoms with van der Waals surface area (Å²) in [6.07, 6.45) is 4.60. The Kier molecular flexibility index (Phi) is 6.46. The number of allylic oxidation sites excluding steroid dienone is 1. The molecule has 2 amide bonds. The van der Waals surface area contributed by atoms with Gasteiger partial charge in [-0.2, -0.15) is 4.98 Å². The Labute approximate surface area is 208 Å². The average Bonchev–Trinajstić information content (AvgIpc) is 3.59. The number of nitrogens with one attached hydrogen (secondary N) is 1. The molecule has 1 atom stereocenters. The third-order valence-corrected chi connectivity index (χ3v) is 6.96. The fourth-order valence-corrected chi connectivity index (χ4v) is 4.60. The fourth-order valence-electron chi connectivity index (χ4n) is 4.19. The first-order valence-electron chi connectivity index (χ1n) is 11.5. The maximum Gasteiger partial charge on any atom is 0.322 e. The summed E-state index contributed by atoms with van der Waals surface area (Å²) in [5.41, 5.74) is 4.56. The smallest absolute Gasteiger partial charge is 0.322 e. The number of carbonyl (C=O) groups is 1. The van der Waals surface area contributed by atoms with Gasteiger partial charge in [-0.1, -0.05) is 48.5 Å². The summed E-state index contributed by atoms with van der Waals surface area (Å²) in [6, 6.07) is 19.3. The van der Waals surface area contributed by atoms with Gasteiger partial charge >= 0.3 is 6.03 Å². The van der Waals surface area contributed by atoms with Crippen molar-refractivity contribution in [1.82, 2.24) is 20.4 Å². The van der Waals surface area contributed by atoms with Crippen LogP contribution in [-0.4, -0.2) is 27.3 Å². The second kappa shape index (κ2) is 9.84. The lowest BCUT2D eigenvalue weighted by molar-refractivity contribution is 0.199. The number of nitrogens with zero attached hydrogens (tertiary/aromatic N) is 3. The van der Waals surface area contributed by atoms with Crippen LogP contribution < -0.4 is 5.32 Å². The molecule has 0 saturated carbocycles. The standard InChI is InChI=1S/C27H26N4O3S/c1-4-18-7-9-20(10-8-18)25-29-26(34-30-25)23-17(2)31(16-21-6-5-15-33-21)27(32)28-24(23)19-11-13-22(35-3)14-12-19/h5-15,24H,4,16H2,1-3H3,(H,28,32). The van der Waals surface area contributed by atoms with Crippen LogP contribution in [0.1, 0.15) is 42.7 Å². The Morgan fingerprint density at radius 2 is 1.86 bits per heavy atom. The summed E-state index contributed by atoms with van der Waals surface area (Å²) in [6.45, 7) is 4.32. The Morgan fingerprint density at radius 1 is 1.09 bits per heavy atom. The Bertz CT molecular complexity index is 1340. The van der Waals surface area contributed by atoms with Crippen LogP contribution in [0.3, 0.4) is 0 Å². The van der Waals surface area contributed by atoms with Crippen molar-refractivity contribution >= 4 is 23.4 Å². The van der Waals surface area contributed by atoms with Crippen molar-refractivity contribution in [2.24, 2.45) is 0 Å². The third-order valence-electron chi connectivity index (χ3n) is 6.22. The molecule has 0 aliphatic carbocycles. The van der Waals surface area contributed by atoms with Crippen LogP contribution in [0.25, 0.3) is 17.0 Å². The van der Waals surface area contributed by atoms with Gasteiger partial charge < -0.3 is 14.3 Å². The zero-order valence-corrected chi connectivity index (χ0v) is 20.6. The lowest BCUT2D eigenvalue weighted by Gasteiger charge is -2.34. The van der Waals surface area contributed by atoms with E-state index in [4.69, 9.17) is 13.9 Å². The van der Waals surface area contributed by atoms with Crippen molar-refractivity contribution < 1.29 is 13.7 Å². The highest BCUT2D eigenvalue weighted by molar-refractivity contribution is 7.98. The number of hydrogen-bond donors (Lipinski definition) is 1. The van der Waals surface area contributed by atoms with Crippen LogP contribution in [0.2, 0.25) is 0 Å². The van der Waals surface area contributed by atoms with E-state index in [2.05, 4.69) is 29.5 Å². The van der Waals surface area contributed by atoms with Crippen LogP contribution in [-0.2, 0) is 13.0 Å². The van der Waals surface area contributed by atoms with Crippen molar-refractivity contribution in [3.05, 3.63) is 95.4 Å². The maximum atomic E-state index is 13.2. The summed E-state index contributed by atoms with van der Waals surface area (Å²) in [4.78, 5) is 20.7. The molecule has 35 heavy (non-hydrogen) atoms. The fraction of sp³-hybridized carbons (Fsp3) is 0.222. The minimum absolute atomic E-state index is 0.212. The quantitative estimate of drug-likeness (QED) is 0.308. The number of hydrogen-bond acceptors (Lipinski definition) is 6. The summed E-state index contributed by atoms with van der Waals surface area (Å²) in [5, 5.41) is 7.38. The number of carbonyl (C=O) groups excluding carboxylic acids is 1. The first-order valence-corrected chi connectivity index (χ1v) is 12.7. The molecule has 5 rings (SSSR count). The predicted molar refractivity (Wildman–Crippen MR) is 135 cm³/mol. The van der Waals surface area contributed by atoms with E-state index in [1.54, 1.807) is 29.0 Å². The number of amides is 2. The summed E-state index contributed by atoms with van der Waals surface area (Å²) >= 11 is 1.67. The van der Waals surface area contributed by atoms with Gasteiger partial charge in [0.1, 0.15) is 5.76 Å². The molecule has 178 valence electrons. The van der Waals surface area contributed by atoms with Crippen molar-refractivity contribution in [1.29, 1.82) is 0 Å². The monoisotopic (exact) mass is 486 g/mol. The van der Waals surface area contributed by atoms with Gasteiger partial charge in [-0.25, -0.2) is 4.79 Å². The highest BCUT2D eigenvalue weighted by atomic mass is 32.2. The lowest BCUT2D eigenvalue weighted by Crippen LogP contribution is -2.45. The molecular formula is C27H26N4O3S. The van der Waals surface area contributed by atoms with Gasteiger partial charge in [0.25, 0.3) is 5.89 Å². The van der Waals surface area contributed by atoms with Gasteiger partial charge in [0.05, 0.1) is 24.4 Å². The van der Waals surface area contributed by atoms with Crippen LogP contribution in [0, 0.1) is 0 Å². The Morgan fingerprint density at radius 3 is 2.51 bits per heavy atom. The van der Waals surface area contributed by atoms with Crippen molar-refractivity contribution in [2.45, 2.75) is 37.8 Å². The molecule has 0 fully saturated rings. The molecule has 1 aliphatic heterocycles. The van der Waals surface area contributed by atoms with Gasteiger partial charge in [-0.05, 0) is 55.0 Å². The molecule has 3 heterocycles. The van der Waals surface area contributed by atoms with E-state index in [1.165, 1.54) is 5.56 Å². The largest absolute Gasteiger partial charge is 0.467 e. The van der Waals surface area contributed by atoms with Gasteiger partial charge in [0.2, 0.25) is 5.82 Å². The summed E-state index contributed by atoms with van der Waals surface area (Å²) in [5.74, 6) is 1.57. The van der Waals surface area contributed by atoms with E-state index in [0.29, 0.717) is 24.0 Å². The van der Waals surface area contributed by atoms with Crippen molar-refractivity contribution in [3.63, 3.8) is 0 Å². The van der Waals surface area contributed by atoms with Crippen molar-refractivity contribution in [2.75, 3.05) is 6.26 Å². The normalized spacial score (nSPS) is 16.0. The number of aryl methyl sites for hydroxylation is 1. The molecule has 2 aromatic carbocycles. The van der Waals surface area contributed by atoms with E-state index in [1.807, 2.05) is 55.6 Å². The number of urea groups is 1. The average molecular weight is 487 g/mol. The number of aromatic nitrogens is 2. The van der Waals surface area contributed by atoms with Crippen LogP contribution in [0.4, 0.5) is 4.79 Å². The number of rotatable bonds is 7. The van der Waals surface area contributed by atoms with Gasteiger partial charge in [0, 0.05) is 16.2 Å². The van der Waals surface area contributed by atoms with Crippen LogP contribution in [0.15, 0.2) is 86.5 Å². The Balaban J connectivity index is 1.57. The number of furan rings is 1. The highest BCUT2D eigenvalue weighted by Gasteiger charge is 2.36. The molecule has 1 unspecified atom stereocenters. The zero-order valence-electron chi connectivity index (χ0n) is 19.8. The van der Waals surface area contributed by atoms with E-state index in [9.17, 15) is 4.79 Å². The van der Waals surface area contributed by atoms with Crippen LogP contribution in [0.5, 0.6) is 0 Å². The van der Waals surface area contributed by atoms with Gasteiger partial charge in [-0.3, -0.25) is 4.90 Å². The summed E-state index contributed by atoms with van der Waals surface area (Å²) in [7, 11) is 0. The SMILES string of the molecule is CCc1ccc(-c2noc(C3=C(C)N(Cc4ccco4)C(=O)NC3c3ccc(SC)cc3)n2)cc1. The molecule has 4 aromatic rings. The molecule has 0 radical (unpaired) electrons. The second-order valence-electron chi connectivity index (χ2n) is 8.29. The maximum absolute atomic E-state index is 13.2. The molecular weight excluding hydrogens is 460 g/mol. The van der Waals surface area contributed by atoms with Gasteiger partial charge in [0.15, 0.2) is 0 Å². The van der Waals surface area contributed by atoms with Crippen molar-refractivity contribution in [3.8, 4) is 11.4 Å². The number of thioether (sulfide) groups is 1. The predicted octanol–water partition coefficient (Wildman–Crippen LogP) is 6.31. The van der Waals surface area contributed by atoms with E-state index >= 15 is 0 Å². The first kappa shape index (κ1) is 23.0. The third kappa shape index (κ3) is 4.61. The Hall–Kier alpha value is -3.78. The topological polar surface area (TPSA) is 84.4 Å². The van der Waals surface area contributed by atoms with Gasteiger partial charge in [-0.15, -0.1) is 11.8 Å². The van der Waals surface area contributed by atoms with E-state index in [-0.39, 0.29) is 6.03 Å². The molecule has 2 aromatic heterocycles. The molecule has 8 heteroatoms. The molecule has 1 N–H and O–H groups in total. The second-order valence-corrected chi connectivity index (χ2v) is 9.17. The van der Waals surface area contributed by atoms with Crippen LogP contribution >= 0.6 is 11.8 Å². The summed E-state index contributed by atoms with van der Waals surface area (Å²) < 4.78 is 11.3. The minimum atomic E-state index is -0.429. The first-order chi connectivity index (χ1) is 17.1. The molecule has 0 saturated heterocycles. The minimum Gasteiger partial charge on any atom is -0.467 e. The number of benzene rings is 2. The highest BCUT2D eigenvalue weighted by Crippen LogP contribution is 2.38. The zero-order chi connectivity index (χ0) is 24.4. The van der Waals surface area contributed by atoms with E-state index < -0.39 is 6.04 Å². The van der Waals surface area contributed by atoms with E-state index in [0.717, 1.165) is 33.7 Å². The molecule has 1 aliphatic rings.